The van der Waals surface area contributed by atoms with E-state index in [0.717, 1.165) is 12.8 Å². The van der Waals surface area contributed by atoms with E-state index in [4.69, 9.17) is 4.74 Å². The Labute approximate surface area is 111 Å². The van der Waals surface area contributed by atoms with Crippen molar-refractivity contribution in [2.24, 2.45) is 0 Å². The lowest BCUT2D eigenvalue weighted by Crippen LogP contribution is -2.33. The lowest BCUT2D eigenvalue weighted by Gasteiger charge is -2.17. The maximum absolute atomic E-state index is 11.9. The van der Waals surface area contributed by atoms with Crippen LogP contribution in [0.3, 0.4) is 0 Å². The Kier molecular flexibility index (Phi) is 3.83. The second kappa shape index (κ2) is 5.10. The summed E-state index contributed by atoms with van der Waals surface area (Å²) in [6, 6.07) is 0. The van der Waals surface area contributed by atoms with Gasteiger partial charge in [-0.05, 0) is 33.1 Å². The largest absolute Gasteiger partial charge is 0.365 e. The van der Waals surface area contributed by atoms with E-state index in [0.29, 0.717) is 12.1 Å². The fourth-order valence-electron chi connectivity index (χ4n) is 2.25. The summed E-state index contributed by atoms with van der Waals surface area (Å²) in [6.07, 6.45) is 2.95. The number of ether oxygens (including phenoxy) is 1. The van der Waals surface area contributed by atoms with Crippen molar-refractivity contribution in [2.45, 2.75) is 38.3 Å². The predicted octanol–water partition coefficient (Wildman–Crippen LogP) is 0.973. The first-order valence-electron chi connectivity index (χ1n) is 6.28. The Balaban J connectivity index is 2.12. The fourth-order valence-corrected chi connectivity index (χ4v) is 3.49. The zero-order valence-corrected chi connectivity index (χ0v) is 12.3. The smallest absolute Gasteiger partial charge is 0.328 e. The van der Waals surface area contributed by atoms with Gasteiger partial charge in [0.2, 0.25) is 0 Å². The molecule has 2 heterocycles. The topological polar surface area (TPSA) is 81.2 Å². The maximum Gasteiger partial charge on any atom is 0.328 e. The van der Waals surface area contributed by atoms with Gasteiger partial charge in [-0.2, -0.15) is 0 Å². The first kappa shape index (κ1) is 14.3. The summed E-state index contributed by atoms with van der Waals surface area (Å²) < 4.78 is 19.1. The van der Waals surface area contributed by atoms with Crippen LogP contribution in [0.5, 0.6) is 0 Å². The zero-order valence-electron chi connectivity index (χ0n) is 11.4. The lowest BCUT2D eigenvalue weighted by atomic mass is 10.2. The molecule has 2 unspecified atom stereocenters. The van der Waals surface area contributed by atoms with Gasteiger partial charge in [0, 0.05) is 11.8 Å². The molecule has 0 spiro atoms. The molecule has 1 aliphatic heterocycles. The summed E-state index contributed by atoms with van der Waals surface area (Å²) in [7, 11) is -2.25. The van der Waals surface area contributed by atoms with Gasteiger partial charge in [-0.3, -0.25) is 14.3 Å². The minimum Gasteiger partial charge on any atom is -0.365 e. The average Bonchev–Trinajstić information content (AvgIpc) is 2.74. The van der Waals surface area contributed by atoms with Crippen LogP contribution in [-0.4, -0.2) is 34.8 Å². The first-order chi connectivity index (χ1) is 8.77. The van der Waals surface area contributed by atoms with E-state index in [-0.39, 0.29) is 17.5 Å². The molecule has 1 aliphatic rings. The second-order valence-corrected chi connectivity index (χ2v) is 8.89. The standard InChI is InChI=1S/C12H19N2O4P/c1-8-6-14(12(16)13-11(8)15)7-9-4-5-10(18-9)19(2,3)17/h6,9-10H,4-5,7H2,1-3H3,(H,13,15,16). The molecule has 1 aromatic heterocycles. The molecule has 0 bridgehead atoms. The second-order valence-electron chi connectivity index (χ2n) is 5.45. The summed E-state index contributed by atoms with van der Waals surface area (Å²) in [5.74, 6) is -0.211. The number of rotatable bonds is 3. The van der Waals surface area contributed by atoms with Gasteiger partial charge in [-0.1, -0.05) is 0 Å². The van der Waals surface area contributed by atoms with E-state index in [1.165, 1.54) is 10.8 Å². The van der Waals surface area contributed by atoms with Crippen LogP contribution in [0.2, 0.25) is 0 Å². The number of nitrogens with one attached hydrogen (secondary N) is 1. The van der Waals surface area contributed by atoms with Gasteiger partial charge in [0.05, 0.1) is 12.6 Å². The first-order valence-corrected chi connectivity index (χ1v) is 8.95. The molecule has 106 valence electrons. The molecule has 0 saturated carbocycles. The molecular weight excluding hydrogens is 267 g/mol. The SMILES string of the molecule is Cc1cn(CC2CCC(P(C)(C)=O)O2)c(=O)[nH]c1=O. The Morgan fingerprint density at radius 3 is 2.68 bits per heavy atom. The predicted molar refractivity (Wildman–Crippen MR) is 73.4 cm³/mol. The summed E-state index contributed by atoms with van der Waals surface area (Å²) in [5, 5.41) is 0. The molecule has 0 aromatic carbocycles. The molecule has 6 nitrogen and oxygen atoms in total. The third-order valence-electron chi connectivity index (χ3n) is 3.37. The number of aryl methyl sites for hydroxylation is 1. The van der Waals surface area contributed by atoms with Crippen LogP contribution in [-0.2, 0) is 15.8 Å². The van der Waals surface area contributed by atoms with Crippen molar-refractivity contribution >= 4 is 7.14 Å². The van der Waals surface area contributed by atoms with Crippen molar-refractivity contribution < 1.29 is 9.30 Å². The number of aromatic amines is 1. The van der Waals surface area contributed by atoms with Crippen molar-refractivity contribution in [1.29, 1.82) is 0 Å². The van der Waals surface area contributed by atoms with E-state index < -0.39 is 12.8 Å². The number of aromatic nitrogens is 2. The molecule has 19 heavy (non-hydrogen) atoms. The number of H-pyrrole nitrogens is 1. The highest BCUT2D eigenvalue weighted by Gasteiger charge is 2.33. The van der Waals surface area contributed by atoms with Gasteiger partial charge < -0.3 is 9.30 Å². The molecule has 0 radical (unpaired) electrons. The third kappa shape index (κ3) is 3.25. The lowest BCUT2D eigenvalue weighted by molar-refractivity contribution is 0.0731. The van der Waals surface area contributed by atoms with E-state index in [1.54, 1.807) is 20.3 Å². The minimum atomic E-state index is -2.25. The molecule has 2 atom stereocenters. The quantitative estimate of drug-likeness (QED) is 0.840. The minimum absolute atomic E-state index is 0.124. The van der Waals surface area contributed by atoms with E-state index in [2.05, 4.69) is 4.98 Å². The van der Waals surface area contributed by atoms with Crippen LogP contribution in [0.4, 0.5) is 0 Å². The monoisotopic (exact) mass is 286 g/mol. The molecule has 2 rings (SSSR count). The zero-order chi connectivity index (χ0) is 14.2. The molecule has 1 fully saturated rings. The molecule has 0 aliphatic carbocycles. The molecule has 1 aromatic rings. The molecule has 0 amide bonds. The average molecular weight is 286 g/mol. The Hall–Kier alpha value is -1.13. The van der Waals surface area contributed by atoms with Gasteiger partial charge in [-0.15, -0.1) is 0 Å². The number of nitrogens with zero attached hydrogens (tertiary/aromatic N) is 1. The Morgan fingerprint density at radius 1 is 1.42 bits per heavy atom. The van der Waals surface area contributed by atoms with Crippen LogP contribution < -0.4 is 11.2 Å². The van der Waals surface area contributed by atoms with Crippen LogP contribution in [0, 0.1) is 6.92 Å². The normalized spacial score (nSPS) is 23.7. The Morgan fingerprint density at radius 2 is 2.11 bits per heavy atom. The highest BCUT2D eigenvalue weighted by Crippen LogP contribution is 2.48. The number of hydrogen-bond donors (Lipinski definition) is 1. The molecule has 1 N–H and O–H groups in total. The van der Waals surface area contributed by atoms with Gasteiger partial charge in [0.1, 0.15) is 13.0 Å². The van der Waals surface area contributed by atoms with Crippen molar-refractivity contribution in [3.8, 4) is 0 Å². The maximum atomic E-state index is 11.9. The molecular formula is C12H19N2O4P. The van der Waals surface area contributed by atoms with E-state index >= 15 is 0 Å². The Bertz CT molecular complexity index is 627. The van der Waals surface area contributed by atoms with Crippen LogP contribution >= 0.6 is 7.14 Å². The molecule has 7 heteroatoms. The van der Waals surface area contributed by atoms with Gasteiger partial charge in [0.15, 0.2) is 0 Å². The molecule has 1 saturated heterocycles. The van der Waals surface area contributed by atoms with Crippen LogP contribution in [0.1, 0.15) is 18.4 Å². The summed E-state index contributed by atoms with van der Waals surface area (Å²) >= 11 is 0. The summed E-state index contributed by atoms with van der Waals surface area (Å²) in [4.78, 5) is 25.2. The highest BCUT2D eigenvalue weighted by atomic mass is 31.2. The van der Waals surface area contributed by atoms with Gasteiger partial charge in [-0.25, -0.2) is 4.79 Å². The van der Waals surface area contributed by atoms with E-state index in [9.17, 15) is 14.2 Å². The van der Waals surface area contributed by atoms with Crippen LogP contribution in [0.25, 0.3) is 0 Å². The van der Waals surface area contributed by atoms with E-state index in [1.807, 2.05) is 0 Å². The van der Waals surface area contributed by atoms with Crippen molar-refractivity contribution in [2.75, 3.05) is 13.3 Å². The number of hydrogen-bond acceptors (Lipinski definition) is 4. The van der Waals surface area contributed by atoms with Crippen molar-refractivity contribution in [1.82, 2.24) is 9.55 Å². The summed E-state index contributed by atoms with van der Waals surface area (Å²) in [5.41, 5.74) is -0.303. The fraction of sp³-hybridized carbons (Fsp3) is 0.667. The van der Waals surface area contributed by atoms with Crippen molar-refractivity contribution in [3.05, 3.63) is 32.6 Å². The van der Waals surface area contributed by atoms with Gasteiger partial charge in [0.25, 0.3) is 5.56 Å². The highest BCUT2D eigenvalue weighted by molar-refractivity contribution is 7.62. The van der Waals surface area contributed by atoms with Crippen molar-refractivity contribution in [3.63, 3.8) is 0 Å². The third-order valence-corrected chi connectivity index (χ3v) is 5.13. The summed E-state index contributed by atoms with van der Waals surface area (Å²) in [6.45, 7) is 5.47. The van der Waals surface area contributed by atoms with Crippen LogP contribution in [0.15, 0.2) is 15.8 Å². The van der Waals surface area contributed by atoms with Gasteiger partial charge >= 0.3 is 5.69 Å².